The van der Waals surface area contributed by atoms with Crippen molar-refractivity contribution in [3.05, 3.63) is 89.5 Å². The van der Waals surface area contributed by atoms with Gasteiger partial charge in [0.25, 0.3) is 5.91 Å². The van der Waals surface area contributed by atoms with Crippen LogP contribution >= 0.6 is 24.8 Å². The van der Waals surface area contributed by atoms with Crippen LogP contribution in [-0.2, 0) is 12.8 Å². The second-order valence-electron chi connectivity index (χ2n) is 7.99. The number of aromatic nitrogens is 1. The number of ether oxygens (including phenoxy) is 1. The summed E-state index contributed by atoms with van der Waals surface area (Å²) >= 11 is 0. The number of rotatable bonds is 7. The zero-order valence-electron chi connectivity index (χ0n) is 18.5. The molecule has 182 valence electrons. The van der Waals surface area contributed by atoms with Gasteiger partial charge < -0.3 is 20.5 Å². The third kappa shape index (κ3) is 6.67. The van der Waals surface area contributed by atoms with Crippen LogP contribution < -0.4 is 10.5 Å². The van der Waals surface area contributed by atoms with E-state index in [9.17, 15) is 14.3 Å². The van der Waals surface area contributed by atoms with E-state index in [1.54, 1.807) is 6.20 Å². The summed E-state index contributed by atoms with van der Waals surface area (Å²) in [7, 11) is 0. The molecule has 0 spiro atoms. The van der Waals surface area contributed by atoms with Gasteiger partial charge in [0.15, 0.2) is 0 Å². The van der Waals surface area contributed by atoms with Crippen LogP contribution in [0.25, 0.3) is 0 Å². The van der Waals surface area contributed by atoms with E-state index in [2.05, 4.69) is 4.98 Å². The molecule has 0 saturated carbocycles. The highest BCUT2D eigenvalue weighted by atomic mass is 35.5. The van der Waals surface area contributed by atoms with Crippen molar-refractivity contribution in [3.8, 4) is 11.5 Å². The number of nitrogens with zero attached hydrogens (tertiary/aromatic N) is 2. The van der Waals surface area contributed by atoms with Crippen molar-refractivity contribution in [1.29, 1.82) is 0 Å². The van der Waals surface area contributed by atoms with E-state index >= 15 is 0 Å². The Labute approximate surface area is 210 Å². The molecule has 1 amide bonds. The Balaban J connectivity index is 0.00000204. The molecule has 34 heavy (non-hydrogen) atoms. The van der Waals surface area contributed by atoms with E-state index < -0.39 is 17.8 Å². The van der Waals surface area contributed by atoms with Gasteiger partial charge in [-0.15, -0.1) is 24.8 Å². The van der Waals surface area contributed by atoms with E-state index in [-0.39, 0.29) is 42.8 Å². The molecule has 2 aromatic carbocycles. The summed E-state index contributed by atoms with van der Waals surface area (Å²) in [5.74, 6) is -0.283. The van der Waals surface area contributed by atoms with Gasteiger partial charge in [-0.2, -0.15) is 0 Å². The Hall–Kier alpha value is -2.71. The van der Waals surface area contributed by atoms with E-state index in [4.69, 9.17) is 10.5 Å². The second kappa shape index (κ2) is 12.7. The lowest BCUT2D eigenvalue weighted by Gasteiger charge is -2.17. The van der Waals surface area contributed by atoms with Gasteiger partial charge in [0.05, 0.1) is 11.7 Å². The fourth-order valence-electron chi connectivity index (χ4n) is 3.94. The molecule has 1 saturated heterocycles. The van der Waals surface area contributed by atoms with E-state index in [1.807, 2.05) is 42.5 Å². The van der Waals surface area contributed by atoms with Crippen molar-refractivity contribution >= 4 is 30.7 Å². The van der Waals surface area contributed by atoms with E-state index in [1.165, 1.54) is 23.1 Å². The first-order valence-electron chi connectivity index (χ1n) is 10.7. The van der Waals surface area contributed by atoms with Crippen molar-refractivity contribution in [2.75, 3.05) is 19.6 Å². The highest BCUT2D eigenvalue weighted by Gasteiger charge is 2.35. The van der Waals surface area contributed by atoms with Gasteiger partial charge in [-0.05, 0) is 67.4 Å². The number of benzene rings is 2. The molecule has 0 bridgehead atoms. The molecular formula is C25H28Cl2FN3O3. The van der Waals surface area contributed by atoms with Gasteiger partial charge >= 0.3 is 0 Å². The molecule has 0 aliphatic carbocycles. The standard InChI is InChI=1S/C25H26FN3O3.2ClH/c26-23-9-8-21(32-20-6-4-17(5-7-20)10-11-27)14-22(23)25(31)29-15-18(24(30)16-29)13-19-3-1-2-12-28-19;;/h1-9,12,14,18,24,30H,10-11,13,15-16,27H2;2*1H/t18-,24-;;/m1../s1. The molecule has 6 nitrogen and oxygen atoms in total. The lowest BCUT2D eigenvalue weighted by molar-refractivity contribution is 0.0759. The fraction of sp³-hybridized carbons (Fsp3) is 0.280. The summed E-state index contributed by atoms with van der Waals surface area (Å²) in [4.78, 5) is 18.8. The van der Waals surface area contributed by atoms with Gasteiger partial charge in [0.1, 0.15) is 17.3 Å². The van der Waals surface area contributed by atoms with Crippen LogP contribution in [0.2, 0.25) is 0 Å². The smallest absolute Gasteiger partial charge is 0.257 e. The molecule has 1 fully saturated rings. The molecule has 0 unspecified atom stereocenters. The maximum atomic E-state index is 14.5. The lowest BCUT2D eigenvalue weighted by Crippen LogP contribution is -2.30. The van der Waals surface area contributed by atoms with Crippen LogP contribution in [0.5, 0.6) is 11.5 Å². The minimum Gasteiger partial charge on any atom is -0.457 e. The fourth-order valence-corrected chi connectivity index (χ4v) is 3.94. The number of nitrogens with two attached hydrogens (primary N) is 1. The molecule has 1 aliphatic heterocycles. The number of pyridine rings is 1. The number of β-amino-alcohol motifs (C(OH)–C–C–N with tert-alkyl or cyclic N) is 1. The molecule has 2 heterocycles. The summed E-state index contributed by atoms with van der Waals surface area (Å²) in [6, 6.07) is 17.2. The highest BCUT2D eigenvalue weighted by molar-refractivity contribution is 5.95. The number of carbonyl (C=O) groups excluding carboxylic acids is 1. The van der Waals surface area contributed by atoms with Gasteiger partial charge in [0, 0.05) is 30.9 Å². The number of aliphatic hydroxyl groups excluding tert-OH is 1. The molecule has 1 aromatic heterocycles. The van der Waals surface area contributed by atoms with Crippen LogP contribution in [0, 0.1) is 11.7 Å². The third-order valence-corrected chi connectivity index (χ3v) is 5.65. The Morgan fingerprint density at radius 2 is 1.82 bits per heavy atom. The Kier molecular flexibility index (Phi) is 10.3. The third-order valence-electron chi connectivity index (χ3n) is 5.65. The number of amides is 1. The molecule has 9 heteroatoms. The zero-order valence-corrected chi connectivity index (χ0v) is 20.1. The number of hydrogen-bond donors (Lipinski definition) is 2. The van der Waals surface area contributed by atoms with Crippen LogP contribution in [0.1, 0.15) is 21.6 Å². The van der Waals surface area contributed by atoms with Crippen molar-refractivity contribution in [3.63, 3.8) is 0 Å². The van der Waals surface area contributed by atoms with Crippen molar-refractivity contribution < 1.29 is 19.0 Å². The number of hydrogen-bond acceptors (Lipinski definition) is 5. The van der Waals surface area contributed by atoms with Gasteiger partial charge in [-0.25, -0.2) is 4.39 Å². The lowest BCUT2D eigenvalue weighted by atomic mass is 10.00. The Morgan fingerprint density at radius 3 is 2.50 bits per heavy atom. The van der Waals surface area contributed by atoms with Crippen LogP contribution in [0.4, 0.5) is 4.39 Å². The van der Waals surface area contributed by atoms with E-state index in [0.717, 1.165) is 17.7 Å². The van der Waals surface area contributed by atoms with Crippen LogP contribution in [0.3, 0.4) is 0 Å². The normalized spacial score (nSPS) is 17.0. The quantitative estimate of drug-likeness (QED) is 0.503. The summed E-state index contributed by atoms with van der Waals surface area (Å²) < 4.78 is 20.3. The average Bonchev–Trinajstić information content (AvgIpc) is 3.17. The molecule has 2 atom stereocenters. The Bertz CT molecular complexity index is 1070. The topological polar surface area (TPSA) is 88.7 Å². The zero-order chi connectivity index (χ0) is 22.5. The maximum Gasteiger partial charge on any atom is 0.257 e. The summed E-state index contributed by atoms with van der Waals surface area (Å²) in [6.07, 6.45) is 2.35. The first kappa shape index (κ1) is 27.5. The van der Waals surface area contributed by atoms with Crippen molar-refractivity contribution in [2.24, 2.45) is 11.7 Å². The Morgan fingerprint density at radius 1 is 1.09 bits per heavy atom. The summed E-state index contributed by atoms with van der Waals surface area (Å²) in [5.41, 5.74) is 7.44. The highest BCUT2D eigenvalue weighted by Crippen LogP contribution is 2.27. The predicted molar refractivity (Wildman–Crippen MR) is 134 cm³/mol. The van der Waals surface area contributed by atoms with Crippen LogP contribution in [0.15, 0.2) is 66.9 Å². The van der Waals surface area contributed by atoms with Gasteiger partial charge in [-0.3, -0.25) is 9.78 Å². The van der Waals surface area contributed by atoms with Crippen LogP contribution in [-0.4, -0.2) is 46.6 Å². The first-order valence-corrected chi connectivity index (χ1v) is 10.7. The number of aliphatic hydroxyl groups is 1. The first-order chi connectivity index (χ1) is 15.5. The SMILES string of the molecule is Cl.Cl.NCCc1ccc(Oc2ccc(F)c(C(=O)N3C[C@@H](Cc4ccccn4)[C@H](O)C3)c2)cc1. The maximum absolute atomic E-state index is 14.5. The largest absolute Gasteiger partial charge is 0.457 e. The summed E-state index contributed by atoms with van der Waals surface area (Å²) in [5, 5.41) is 10.4. The average molecular weight is 508 g/mol. The van der Waals surface area contributed by atoms with Crippen molar-refractivity contribution in [2.45, 2.75) is 18.9 Å². The number of halogens is 3. The molecule has 3 N–H and O–H groups in total. The molecule has 3 aromatic rings. The number of carbonyl (C=O) groups is 1. The molecule has 0 radical (unpaired) electrons. The minimum absolute atomic E-state index is 0. The van der Waals surface area contributed by atoms with E-state index in [0.29, 0.717) is 31.0 Å². The van der Waals surface area contributed by atoms with Gasteiger partial charge in [0.2, 0.25) is 0 Å². The molecular weight excluding hydrogens is 480 g/mol. The van der Waals surface area contributed by atoms with Gasteiger partial charge in [-0.1, -0.05) is 18.2 Å². The number of likely N-dealkylation sites (tertiary alicyclic amines) is 1. The predicted octanol–water partition coefficient (Wildman–Crippen LogP) is 4.03. The summed E-state index contributed by atoms with van der Waals surface area (Å²) in [6.45, 7) is 1.06. The van der Waals surface area contributed by atoms with Crippen molar-refractivity contribution in [1.82, 2.24) is 9.88 Å². The second-order valence-corrected chi connectivity index (χ2v) is 7.99. The molecule has 4 rings (SSSR count). The molecule has 1 aliphatic rings. The monoisotopic (exact) mass is 507 g/mol. The minimum atomic E-state index is -0.685.